The smallest absolute Gasteiger partial charge is 0.261 e. The number of carbonyl (C=O) groups is 2. The standard InChI is InChI=1S/C29H21N3O3S/c30-17-22(16-20-10-12-24(13-11-20)35-18-21-6-2-1-3-7-21)27-31-23(19-36-27)14-15-32-28(33)25-8-4-5-9-26(25)29(32)34/h1-13,16,19H,14-15,18H2. The van der Waals surface area contributed by atoms with E-state index in [1.54, 1.807) is 30.3 Å². The van der Waals surface area contributed by atoms with Crippen LogP contribution < -0.4 is 4.74 Å². The van der Waals surface area contributed by atoms with Crippen molar-refractivity contribution in [3.8, 4) is 11.8 Å². The molecule has 1 aliphatic rings. The topological polar surface area (TPSA) is 83.3 Å². The molecule has 0 fully saturated rings. The minimum absolute atomic E-state index is 0.242. The molecule has 4 aromatic rings. The van der Waals surface area contributed by atoms with Crippen molar-refractivity contribution in [3.63, 3.8) is 0 Å². The summed E-state index contributed by atoms with van der Waals surface area (Å²) in [6.07, 6.45) is 2.21. The molecule has 0 N–H and O–H groups in total. The fourth-order valence-corrected chi connectivity index (χ4v) is 4.74. The number of hydrogen-bond acceptors (Lipinski definition) is 6. The zero-order valence-electron chi connectivity index (χ0n) is 19.3. The molecule has 2 amide bonds. The van der Waals surface area contributed by atoms with Crippen LogP contribution in [0.3, 0.4) is 0 Å². The zero-order chi connectivity index (χ0) is 24.9. The second kappa shape index (κ2) is 10.4. The van der Waals surface area contributed by atoms with Gasteiger partial charge >= 0.3 is 0 Å². The number of hydrogen-bond donors (Lipinski definition) is 0. The summed E-state index contributed by atoms with van der Waals surface area (Å²) in [5, 5.41) is 12.2. The van der Waals surface area contributed by atoms with Gasteiger partial charge < -0.3 is 4.74 Å². The summed E-state index contributed by atoms with van der Waals surface area (Å²) in [7, 11) is 0. The first kappa shape index (κ1) is 23.2. The minimum Gasteiger partial charge on any atom is -0.489 e. The predicted molar refractivity (Wildman–Crippen MR) is 138 cm³/mol. The maximum absolute atomic E-state index is 12.6. The average molecular weight is 492 g/mol. The molecule has 6 nitrogen and oxygen atoms in total. The fourth-order valence-electron chi connectivity index (χ4n) is 3.92. The first-order valence-electron chi connectivity index (χ1n) is 11.4. The molecule has 0 atom stereocenters. The largest absolute Gasteiger partial charge is 0.489 e. The molecule has 0 radical (unpaired) electrons. The first-order chi connectivity index (χ1) is 17.6. The zero-order valence-corrected chi connectivity index (χ0v) is 20.1. The number of amides is 2. The van der Waals surface area contributed by atoms with Gasteiger partial charge in [-0.1, -0.05) is 54.6 Å². The van der Waals surface area contributed by atoms with Crippen molar-refractivity contribution >= 4 is 34.8 Å². The number of imide groups is 1. The SMILES string of the molecule is N#CC(=Cc1ccc(OCc2ccccc2)cc1)c1nc(CCN2C(=O)c3ccccc3C2=O)cs1. The average Bonchev–Trinajstić information content (AvgIpc) is 3.49. The first-order valence-corrected chi connectivity index (χ1v) is 12.3. The fraction of sp³-hybridized carbons (Fsp3) is 0.103. The number of rotatable bonds is 8. The molecule has 0 saturated heterocycles. The van der Waals surface area contributed by atoms with E-state index in [0.717, 1.165) is 22.6 Å². The Balaban J connectivity index is 1.22. The lowest BCUT2D eigenvalue weighted by atomic mass is 10.1. The Morgan fingerprint density at radius 3 is 2.28 bits per heavy atom. The van der Waals surface area contributed by atoms with Crippen LogP contribution in [0.5, 0.6) is 5.75 Å². The highest BCUT2D eigenvalue weighted by Gasteiger charge is 2.34. The Bertz CT molecular complexity index is 1450. The molecule has 1 aliphatic heterocycles. The van der Waals surface area contributed by atoms with Crippen LogP contribution in [0, 0.1) is 11.3 Å². The van der Waals surface area contributed by atoms with Crippen molar-refractivity contribution < 1.29 is 14.3 Å². The Labute approximate surface area is 212 Å². The molecule has 0 spiro atoms. The predicted octanol–water partition coefficient (Wildman–Crippen LogP) is 5.62. The van der Waals surface area contributed by atoms with Crippen molar-refractivity contribution in [1.29, 1.82) is 5.26 Å². The highest BCUT2D eigenvalue weighted by Crippen LogP contribution is 2.25. The van der Waals surface area contributed by atoms with E-state index in [0.29, 0.717) is 34.7 Å². The molecule has 176 valence electrons. The molecule has 36 heavy (non-hydrogen) atoms. The molecule has 1 aromatic heterocycles. The summed E-state index contributed by atoms with van der Waals surface area (Å²) in [6.45, 7) is 0.730. The van der Waals surface area contributed by atoms with Crippen LogP contribution in [0.15, 0.2) is 84.2 Å². The Kier molecular flexibility index (Phi) is 6.69. The Hall–Kier alpha value is -4.54. The molecule has 0 bridgehead atoms. The van der Waals surface area contributed by atoms with Crippen LogP contribution in [0.4, 0.5) is 0 Å². The summed E-state index contributed by atoms with van der Waals surface area (Å²) in [5.74, 6) is 0.193. The molecule has 2 heterocycles. The van der Waals surface area contributed by atoms with Gasteiger partial charge in [0, 0.05) is 18.3 Å². The molecule has 0 saturated carbocycles. The van der Waals surface area contributed by atoms with Crippen LogP contribution in [0.25, 0.3) is 11.6 Å². The summed E-state index contributed by atoms with van der Waals surface area (Å²) in [6, 6.07) is 26.6. The molecule has 0 unspecified atom stereocenters. The van der Waals surface area contributed by atoms with Crippen molar-refractivity contribution in [1.82, 2.24) is 9.88 Å². The van der Waals surface area contributed by atoms with Gasteiger partial charge in [0.25, 0.3) is 11.8 Å². The van der Waals surface area contributed by atoms with Gasteiger partial charge in [-0.15, -0.1) is 11.3 Å². The number of carbonyl (C=O) groups excluding carboxylic acids is 2. The van der Waals surface area contributed by atoms with E-state index in [1.165, 1.54) is 16.2 Å². The van der Waals surface area contributed by atoms with Gasteiger partial charge in [0.2, 0.25) is 0 Å². The lowest BCUT2D eigenvalue weighted by Gasteiger charge is -2.12. The monoisotopic (exact) mass is 491 g/mol. The van der Waals surface area contributed by atoms with Crippen LogP contribution in [-0.2, 0) is 13.0 Å². The lowest BCUT2D eigenvalue weighted by molar-refractivity contribution is 0.0656. The highest BCUT2D eigenvalue weighted by atomic mass is 32.1. The van der Waals surface area contributed by atoms with Crippen LogP contribution in [-0.4, -0.2) is 28.2 Å². The third-order valence-electron chi connectivity index (χ3n) is 5.81. The van der Waals surface area contributed by atoms with E-state index in [-0.39, 0.29) is 18.4 Å². The molecule has 3 aromatic carbocycles. The van der Waals surface area contributed by atoms with Gasteiger partial charge in [-0.3, -0.25) is 14.5 Å². The molecule has 7 heteroatoms. The summed E-state index contributed by atoms with van der Waals surface area (Å²) < 4.78 is 5.82. The molecule has 0 aliphatic carbocycles. The van der Waals surface area contributed by atoms with E-state index in [1.807, 2.05) is 60.0 Å². The van der Waals surface area contributed by atoms with Gasteiger partial charge in [-0.05, 0) is 41.5 Å². The van der Waals surface area contributed by atoms with E-state index in [2.05, 4.69) is 11.1 Å². The van der Waals surface area contributed by atoms with Gasteiger partial charge in [0.05, 0.1) is 22.4 Å². The maximum Gasteiger partial charge on any atom is 0.261 e. The van der Waals surface area contributed by atoms with Crippen molar-refractivity contribution in [2.24, 2.45) is 0 Å². The lowest BCUT2D eigenvalue weighted by Crippen LogP contribution is -2.31. The highest BCUT2D eigenvalue weighted by molar-refractivity contribution is 7.11. The van der Waals surface area contributed by atoms with Gasteiger partial charge in [0.15, 0.2) is 0 Å². The summed E-state index contributed by atoms with van der Waals surface area (Å²) >= 11 is 1.37. The third-order valence-corrected chi connectivity index (χ3v) is 6.74. The summed E-state index contributed by atoms with van der Waals surface area (Å²) in [5.41, 5.74) is 4.01. The van der Waals surface area contributed by atoms with E-state index < -0.39 is 0 Å². The maximum atomic E-state index is 12.6. The number of thiazole rings is 1. The number of allylic oxidation sites excluding steroid dienone is 1. The van der Waals surface area contributed by atoms with E-state index >= 15 is 0 Å². The van der Waals surface area contributed by atoms with E-state index in [4.69, 9.17) is 4.74 Å². The van der Waals surface area contributed by atoms with E-state index in [9.17, 15) is 14.9 Å². The van der Waals surface area contributed by atoms with Gasteiger partial charge in [-0.2, -0.15) is 5.26 Å². The van der Waals surface area contributed by atoms with Gasteiger partial charge in [0.1, 0.15) is 23.4 Å². The van der Waals surface area contributed by atoms with Gasteiger partial charge in [-0.25, -0.2) is 4.98 Å². The normalized spacial score (nSPS) is 13.0. The number of aromatic nitrogens is 1. The Morgan fingerprint density at radius 1 is 0.944 bits per heavy atom. The molecule has 5 rings (SSSR count). The second-order valence-electron chi connectivity index (χ2n) is 8.21. The second-order valence-corrected chi connectivity index (χ2v) is 9.07. The van der Waals surface area contributed by atoms with Crippen molar-refractivity contribution in [2.75, 3.05) is 6.54 Å². The van der Waals surface area contributed by atoms with Crippen LogP contribution in [0.2, 0.25) is 0 Å². The molecular weight excluding hydrogens is 470 g/mol. The molecular formula is C29H21N3O3S. The number of ether oxygens (including phenoxy) is 1. The number of fused-ring (bicyclic) bond motifs is 1. The minimum atomic E-state index is -0.278. The van der Waals surface area contributed by atoms with Crippen molar-refractivity contribution in [2.45, 2.75) is 13.0 Å². The number of nitriles is 1. The van der Waals surface area contributed by atoms with Crippen molar-refractivity contribution in [3.05, 3.63) is 117 Å². The third kappa shape index (κ3) is 4.95. The Morgan fingerprint density at radius 2 is 1.61 bits per heavy atom. The van der Waals surface area contributed by atoms with Crippen LogP contribution in [0.1, 0.15) is 42.5 Å². The quantitative estimate of drug-likeness (QED) is 0.236. The number of benzene rings is 3. The summed E-state index contributed by atoms with van der Waals surface area (Å²) in [4.78, 5) is 30.9. The number of nitrogens with zero attached hydrogens (tertiary/aromatic N) is 3. The van der Waals surface area contributed by atoms with Crippen LogP contribution >= 0.6 is 11.3 Å².